The van der Waals surface area contributed by atoms with Crippen LogP contribution in [0.15, 0.2) is 47.5 Å². The summed E-state index contributed by atoms with van der Waals surface area (Å²) in [5, 5.41) is 14.5. The summed E-state index contributed by atoms with van der Waals surface area (Å²) >= 11 is 0. The zero-order chi connectivity index (χ0) is 23.8. The molecule has 1 aromatic carbocycles. The first-order chi connectivity index (χ1) is 15.6. The van der Waals surface area contributed by atoms with Gasteiger partial charge in [0.2, 0.25) is 0 Å². The largest absolute Gasteiger partial charge is 0.480 e. The Morgan fingerprint density at radius 1 is 1.33 bits per heavy atom. The molecule has 0 amide bonds. The zero-order valence-electron chi connectivity index (χ0n) is 19.2. The van der Waals surface area contributed by atoms with Crippen molar-refractivity contribution in [2.24, 2.45) is 5.92 Å². The Morgan fingerprint density at radius 3 is 2.76 bits per heavy atom. The monoisotopic (exact) mass is 455 g/mol. The highest BCUT2D eigenvalue weighted by atomic mass is 16.7. The summed E-state index contributed by atoms with van der Waals surface area (Å²) in [7, 11) is 0. The molecule has 2 aromatic heterocycles. The lowest BCUT2D eigenvalue weighted by molar-refractivity contribution is -0.142. The van der Waals surface area contributed by atoms with Crippen LogP contribution in [0.4, 0.5) is 0 Å². The van der Waals surface area contributed by atoms with Gasteiger partial charge in [-0.1, -0.05) is 19.9 Å². The third-order valence-electron chi connectivity index (χ3n) is 5.54. The second-order valence-corrected chi connectivity index (χ2v) is 9.17. The van der Waals surface area contributed by atoms with E-state index in [2.05, 4.69) is 9.67 Å². The fourth-order valence-corrected chi connectivity index (χ4v) is 4.09. The van der Waals surface area contributed by atoms with Gasteiger partial charge in [0.1, 0.15) is 11.9 Å². The minimum absolute atomic E-state index is 0.0509. The maximum atomic E-state index is 12.6. The number of carboxylic acids is 1. The number of carboxylic acid groups (broad SMARTS) is 1. The van der Waals surface area contributed by atoms with E-state index in [9.17, 15) is 14.7 Å². The summed E-state index contributed by atoms with van der Waals surface area (Å²) in [4.78, 5) is 24.2. The van der Waals surface area contributed by atoms with Crippen LogP contribution >= 0.6 is 0 Å². The quantitative estimate of drug-likeness (QED) is 0.551. The first-order valence-electron chi connectivity index (χ1n) is 11.0. The summed E-state index contributed by atoms with van der Waals surface area (Å²) in [6, 6.07) is 7.88. The van der Waals surface area contributed by atoms with E-state index in [0.717, 1.165) is 15.6 Å². The molecule has 1 unspecified atom stereocenters. The molecule has 4 rings (SSSR count). The number of benzene rings is 1. The second-order valence-electron chi connectivity index (χ2n) is 9.17. The Balaban J connectivity index is 1.56. The minimum atomic E-state index is -1.09. The van der Waals surface area contributed by atoms with Gasteiger partial charge in [0.15, 0.2) is 17.6 Å². The van der Waals surface area contributed by atoms with Gasteiger partial charge in [0, 0.05) is 17.6 Å². The van der Waals surface area contributed by atoms with E-state index in [1.165, 1.54) is 12.3 Å². The Labute approximate surface area is 191 Å². The van der Waals surface area contributed by atoms with Crippen LogP contribution < -0.4 is 10.3 Å². The van der Waals surface area contributed by atoms with Crippen molar-refractivity contribution in [3.63, 3.8) is 0 Å². The molecule has 9 nitrogen and oxygen atoms in total. The van der Waals surface area contributed by atoms with Gasteiger partial charge in [0.25, 0.3) is 5.56 Å². The Kier molecular flexibility index (Phi) is 6.27. The van der Waals surface area contributed by atoms with E-state index in [0.29, 0.717) is 25.3 Å². The number of aromatic nitrogens is 3. The number of carbonyl (C=O) groups is 1. The lowest BCUT2D eigenvalue weighted by Crippen LogP contribution is -2.32. The standard InChI is InChI=1S/C24H29N3O6/c1-15(2)10-20(23(29)30)27-22(28)11-16(12-25-27)32-21-7-5-6-19-18(21)8-9-26(19)13-17-14-31-24(3,4)33-17/h5-9,11-12,15,17,20H,10,13-14H2,1-4H3,(H,29,30)/t17-,20?/m1/s1. The van der Waals surface area contributed by atoms with Crippen molar-refractivity contribution >= 4 is 16.9 Å². The lowest BCUT2D eigenvalue weighted by Gasteiger charge is -2.17. The maximum Gasteiger partial charge on any atom is 0.328 e. The summed E-state index contributed by atoms with van der Waals surface area (Å²) in [5.41, 5.74) is 0.441. The molecule has 2 atom stereocenters. The van der Waals surface area contributed by atoms with Gasteiger partial charge in [-0.3, -0.25) is 4.79 Å². The average molecular weight is 456 g/mol. The van der Waals surface area contributed by atoms with Crippen molar-refractivity contribution in [3.05, 3.63) is 53.1 Å². The molecule has 1 aliphatic rings. The molecule has 33 heavy (non-hydrogen) atoms. The van der Waals surface area contributed by atoms with Crippen molar-refractivity contribution in [2.45, 2.75) is 58.6 Å². The molecule has 0 spiro atoms. The van der Waals surface area contributed by atoms with Gasteiger partial charge in [-0.15, -0.1) is 0 Å². The fourth-order valence-electron chi connectivity index (χ4n) is 4.09. The summed E-state index contributed by atoms with van der Waals surface area (Å²) in [5.74, 6) is -0.738. The summed E-state index contributed by atoms with van der Waals surface area (Å²) in [6.07, 6.45) is 3.60. The highest BCUT2D eigenvalue weighted by Gasteiger charge is 2.33. The van der Waals surface area contributed by atoms with Crippen molar-refractivity contribution < 1.29 is 24.1 Å². The average Bonchev–Trinajstić information content (AvgIpc) is 3.30. The van der Waals surface area contributed by atoms with Gasteiger partial charge >= 0.3 is 5.97 Å². The van der Waals surface area contributed by atoms with E-state index in [1.807, 2.05) is 58.2 Å². The Bertz CT molecular complexity index is 1210. The molecule has 0 radical (unpaired) electrons. The third kappa shape index (κ3) is 5.09. The van der Waals surface area contributed by atoms with Gasteiger partial charge in [0.05, 0.1) is 24.9 Å². The first-order valence-corrected chi connectivity index (χ1v) is 11.0. The Hall–Kier alpha value is -3.17. The van der Waals surface area contributed by atoms with Crippen LogP contribution in [-0.4, -0.2) is 43.9 Å². The summed E-state index contributed by atoms with van der Waals surface area (Å²) in [6.45, 7) is 8.77. The van der Waals surface area contributed by atoms with Crippen molar-refractivity contribution in [3.8, 4) is 11.5 Å². The molecule has 1 aliphatic heterocycles. The smallest absolute Gasteiger partial charge is 0.328 e. The van der Waals surface area contributed by atoms with Crippen LogP contribution in [0, 0.1) is 5.92 Å². The maximum absolute atomic E-state index is 12.6. The van der Waals surface area contributed by atoms with Crippen LogP contribution in [0.5, 0.6) is 11.5 Å². The van der Waals surface area contributed by atoms with Crippen molar-refractivity contribution in [2.75, 3.05) is 6.61 Å². The number of aliphatic carboxylic acids is 1. The molecular weight excluding hydrogens is 426 g/mol. The first kappa shape index (κ1) is 23.0. The van der Waals surface area contributed by atoms with Crippen LogP contribution in [-0.2, 0) is 20.8 Å². The second kappa shape index (κ2) is 8.99. The molecule has 1 fully saturated rings. The Morgan fingerprint density at radius 2 is 2.12 bits per heavy atom. The van der Waals surface area contributed by atoms with E-state index < -0.39 is 23.4 Å². The number of rotatable bonds is 8. The molecular formula is C24H29N3O6. The third-order valence-corrected chi connectivity index (χ3v) is 5.54. The highest BCUT2D eigenvalue weighted by Crippen LogP contribution is 2.31. The number of fused-ring (bicyclic) bond motifs is 1. The van der Waals surface area contributed by atoms with Crippen LogP contribution in [0.2, 0.25) is 0 Å². The van der Waals surface area contributed by atoms with E-state index in [-0.39, 0.29) is 17.8 Å². The number of ether oxygens (including phenoxy) is 3. The van der Waals surface area contributed by atoms with Gasteiger partial charge in [-0.25, -0.2) is 9.48 Å². The molecule has 1 saturated heterocycles. The van der Waals surface area contributed by atoms with Crippen LogP contribution in [0.25, 0.3) is 10.9 Å². The van der Waals surface area contributed by atoms with Gasteiger partial charge in [-0.2, -0.15) is 5.10 Å². The SMILES string of the molecule is CC(C)CC(C(=O)O)n1ncc(Oc2cccc3c2ccn3C[C@@H]2COC(C)(C)O2)cc1=O. The number of hydrogen-bond acceptors (Lipinski definition) is 6. The molecule has 0 aliphatic carbocycles. The number of nitrogens with zero attached hydrogens (tertiary/aromatic N) is 3. The van der Waals surface area contributed by atoms with Gasteiger partial charge in [-0.05, 0) is 44.4 Å². The fraction of sp³-hybridized carbons (Fsp3) is 0.458. The lowest BCUT2D eigenvalue weighted by atomic mass is 10.0. The van der Waals surface area contributed by atoms with Crippen LogP contribution in [0.3, 0.4) is 0 Å². The number of hydrogen-bond donors (Lipinski definition) is 1. The van der Waals surface area contributed by atoms with E-state index in [1.54, 1.807) is 0 Å². The topological polar surface area (TPSA) is 105 Å². The van der Waals surface area contributed by atoms with Crippen molar-refractivity contribution in [1.29, 1.82) is 0 Å². The molecule has 9 heteroatoms. The molecule has 3 heterocycles. The molecule has 176 valence electrons. The molecule has 0 bridgehead atoms. The normalized spacial score (nSPS) is 18.6. The van der Waals surface area contributed by atoms with E-state index in [4.69, 9.17) is 14.2 Å². The highest BCUT2D eigenvalue weighted by molar-refractivity contribution is 5.86. The minimum Gasteiger partial charge on any atom is -0.480 e. The molecule has 1 N–H and O–H groups in total. The van der Waals surface area contributed by atoms with Gasteiger partial charge < -0.3 is 23.9 Å². The van der Waals surface area contributed by atoms with Crippen molar-refractivity contribution in [1.82, 2.24) is 14.3 Å². The zero-order valence-corrected chi connectivity index (χ0v) is 19.2. The predicted octanol–water partition coefficient (Wildman–Crippen LogP) is 3.81. The predicted molar refractivity (Wildman–Crippen MR) is 122 cm³/mol. The van der Waals surface area contributed by atoms with E-state index >= 15 is 0 Å². The molecule has 0 saturated carbocycles. The molecule has 3 aromatic rings. The van der Waals surface area contributed by atoms with Crippen LogP contribution in [0.1, 0.15) is 40.2 Å². The summed E-state index contributed by atoms with van der Waals surface area (Å²) < 4.78 is 20.6.